The van der Waals surface area contributed by atoms with Gasteiger partial charge < -0.3 is 15.6 Å². The summed E-state index contributed by atoms with van der Waals surface area (Å²) in [6.45, 7) is 1.67. The Balaban J connectivity index is 1.94. The Kier molecular flexibility index (Phi) is 4.49. The third kappa shape index (κ3) is 3.39. The van der Waals surface area contributed by atoms with Gasteiger partial charge in [-0.15, -0.1) is 0 Å². The van der Waals surface area contributed by atoms with Crippen LogP contribution in [0.5, 0.6) is 5.75 Å². The minimum absolute atomic E-state index is 0.0384. The van der Waals surface area contributed by atoms with E-state index in [0.29, 0.717) is 5.75 Å². The number of rotatable bonds is 5. The molecule has 122 valence electrons. The summed E-state index contributed by atoms with van der Waals surface area (Å²) in [4.78, 5) is 11.1. The first-order chi connectivity index (χ1) is 11.6. The van der Waals surface area contributed by atoms with Gasteiger partial charge in [0.2, 0.25) is 0 Å². The molecule has 0 aliphatic heterocycles. The van der Waals surface area contributed by atoms with E-state index in [1.807, 2.05) is 48.5 Å². The summed E-state index contributed by atoms with van der Waals surface area (Å²) in [6, 6.07) is 19.7. The number of fused-ring (bicyclic) bond motifs is 1. The quantitative estimate of drug-likeness (QED) is 0.757. The lowest BCUT2D eigenvalue weighted by molar-refractivity contribution is -0.123. The maximum absolute atomic E-state index is 11.1. The Bertz CT molecular complexity index is 872. The number of carbonyl (C=O) groups excluding carboxylic acids is 1. The zero-order chi connectivity index (χ0) is 17.1. The molecule has 0 fully saturated rings. The van der Waals surface area contributed by atoms with E-state index < -0.39 is 12.0 Å². The van der Waals surface area contributed by atoms with E-state index >= 15 is 0 Å². The van der Waals surface area contributed by atoms with Crippen LogP contribution in [-0.2, 0) is 11.4 Å². The molecule has 3 aromatic carbocycles. The van der Waals surface area contributed by atoms with Crippen molar-refractivity contribution in [1.29, 1.82) is 0 Å². The number of benzene rings is 3. The van der Waals surface area contributed by atoms with E-state index in [0.717, 1.165) is 27.5 Å². The third-order valence-corrected chi connectivity index (χ3v) is 4.00. The van der Waals surface area contributed by atoms with Crippen LogP contribution in [0.1, 0.15) is 12.5 Å². The maximum atomic E-state index is 11.1. The van der Waals surface area contributed by atoms with Gasteiger partial charge in [-0.3, -0.25) is 4.79 Å². The molecule has 0 radical (unpaired) electrons. The predicted molar refractivity (Wildman–Crippen MR) is 94.6 cm³/mol. The Hall–Kier alpha value is -2.85. The van der Waals surface area contributed by atoms with Gasteiger partial charge in [0.1, 0.15) is 5.75 Å². The number of hydrogen-bond donors (Lipinski definition) is 2. The van der Waals surface area contributed by atoms with Crippen LogP contribution in [0.3, 0.4) is 0 Å². The Morgan fingerprint density at radius 1 is 1.00 bits per heavy atom. The van der Waals surface area contributed by atoms with Crippen LogP contribution in [0.15, 0.2) is 60.7 Å². The van der Waals surface area contributed by atoms with Crippen LogP contribution in [0, 0.1) is 0 Å². The van der Waals surface area contributed by atoms with Gasteiger partial charge in [0.05, 0.1) is 6.61 Å². The lowest BCUT2D eigenvalue weighted by atomic mass is 10.0. The fraction of sp³-hybridized carbons (Fsp3) is 0.150. The average Bonchev–Trinajstić information content (AvgIpc) is 2.61. The predicted octanol–water partition coefficient (Wildman–Crippen LogP) is 3.25. The second kappa shape index (κ2) is 6.72. The molecule has 0 bridgehead atoms. The van der Waals surface area contributed by atoms with Crippen LogP contribution >= 0.6 is 0 Å². The van der Waals surface area contributed by atoms with Crippen LogP contribution in [0.4, 0.5) is 0 Å². The molecule has 24 heavy (non-hydrogen) atoms. The third-order valence-electron chi connectivity index (χ3n) is 4.00. The van der Waals surface area contributed by atoms with E-state index in [9.17, 15) is 4.79 Å². The second-order valence-electron chi connectivity index (χ2n) is 5.74. The number of hydrogen-bond acceptors (Lipinski definition) is 3. The van der Waals surface area contributed by atoms with E-state index in [1.54, 1.807) is 6.92 Å². The van der Waals surface area contributed by atoms with Gasteiger partial charge in [0.15, 0.2) is 6.10 Å². The molecule has 3 aromatic rings. The van der Waals surface area contributed by atoms with E-state index in [4.69, 9.17) is 15.6 Å². The molecule has 4 nitrogen and oxygen atoms in total. The zero-order valence-electron chi connectivity index (χ0n) is 13.4. The van der Waals surface area contributed by atoms with E-state index in [-0.39, 0.29) is 6.61 Å². The molecular formula is C20H19NO3. The standard InChI is InChI=1S/C20H19NO3/c1-13(20(21)23)24-19-9-8-16-6-7-17(10-18(16)11-19)15-4-2-14(12-22)3-5-15/h2-11,13,22H,12H2,1H3,(H2,21,23). The molecule has 0 aromatic heterocycles. The smallest absolute Gasteiger partial charge is 0.258 e. The second-order valence-corrected chi connectivity index (χ2v) is 5.74. The normalized spacial score (nSPS) is 12.1. The Morgan fingerprint density at radius 2 is 1.67 bits per heavy atom. The van der Waals surface area contributed by atoms with Crippen LogP contribution in [0.25, 0.3) is 21.9 Å². The van der Waals surface area contributed by atoms with E-state index in [1.165, 1.54) is 0 Å². The maximum Gasteiger partial charge on any atom is 0.258 e. The van der Waals surface area contributed by atoms with Crippen molar-refractivity contribution in [2.45, 2.75) is 19.6 Å². The molecule has 1 unspecified atom stereocenters. The number of aliphatic hydroxyl groups excluding tert-OH is 1. The summed E-state index contributed by atoms with van der Waals surface area (Å²) < 4.78 is 5.56. The highest BCUT2D eigenvalue weighted by molar-refractivity contribution is 5.88. The number of primary amides is 1. The number of aliphatic hydroxyl groups is 1. The highest BCUT2D eigenvalue weighted by atomic mass is 16.5. The molecule has 4 heteroatoms. The van der Waals surface area contributed by atoms with Gasteiger partial charge in [0, 0.05) is 0 Å². The van der Waals surface area contributed by atoms with Gasteiger partial charge in [-0.2, -0.15) is 0 Å². The first-order valence-electron chi connectivity index (χ1n) is 7.77. The van der Waals surface area contributed by atoms with Crippen molar-refractivity contribution in [3.8, 4) is 16.9 Å². The first-order valence-corrected chi connectivity index (χ1v) is 7.77. The molecule has 1 amide bonds. The van der Waals surface area contributed by atoms with Gasteiger partial charge in [-0.05, 0) is 52.6 Å². The summed E-state index contributed by atoms with van der Waals surface area (Å²) in [6.07, 6.45) is -0.670. The fourth-order valence-electron chi connectivity index (χ4n) is 2.54. The minimum atomic E-state index is -0.670. The van der Waals surface area contributed by atoms with Crippen LogP contribution < -0.4 is 10.5 Å². The summed E-state index contributed by atoms with van der Waals surface area (Å²) in [5, 5.41) is 11.2. The average molecular weight is 321 g/mol. The molecule has 3 rings (SSSR count). The summed E-state index contributed by atoms with van der Waals surface area (Å²) in [5.74, 6) is 0.120. The summed E-state index contributed by atoms with van der Waals surface area (Å²) in [5.41, 5.74) is 8.27. The molecule has 3 N–H and O–H groups in total. The zero-order valence-corrected chi connectivity index (χ0v) is 13.4. The van der Waals surface area contributed by atoms with Gasteiger partial charge in [0.25, 0.3) is 5.91 Å². The van der Waals surface area contributed by atoms with Crippen molar-refractivity contribution in [1.82, 2.24) is 0 Å². The molecule has 0 aliphatic carbocycles. The van der Waals surface area contributed by atoms with Gasteiger partial charge in [-0.25, -0.2) is 0 Å². The fourth-order valence-corrected chi connectivity index (χ4v) is 2.54. The van der Waals surface area contributed by atoms with Crippen molar-refractivity contribution < 1.29 is 14.6 Å². The number of nitrogens with two attached hydrogens (primary N) is 1. The SMILES string of the molecule is CC(Oc1ccc2ccc(-c3ccc(CO)cc3)cc2c1)C(N)=O. The first kappa shape index (κ1) is 16.0. The van der Waals surface area contributed by atoms with Gasteiger partial charge >= 0.3 is 0 Å². The monoisotopic (exact) mass is 321 g/mol. The number of carbonyl (C=O) groups is 1. The van der Waals surface area contributed by atoms with Crippen molar-refractivity contribution in [3.63, 3.8) is 0 Å². The van der Waals surface area contributed by atoms with Crippen molar-refractivity contribution in [2.75, 3.05) is 0 Å². The van der Waals surface area contributed by atoms with Crippen LogP contribution in [0.2, 0.25) is 0 Å². The highest BCUT2D eigenvalue weighted by Crippen LogP contribution is 2.27. The number of ether oxygens (including phenoxy) is 1. The largest absolute Gasteiger partial charge is 0.481 e. The Labute approximate surface area is 140 Å². The van der Waals surface area contributed by atoms with Gasteiger partial charge in [-0.1, -0.05) is 42.5 Å². The molecule has 0 spiro atoms. The summed E-state index contributed by atoms with van der Waals surface area (Å²) >= 11 is 0. The summed E-state index contributed by atoms with van der Waals surface area (Å²) in [7, 11) is 0. The lowest BCUT2D eigenvalue weighted by Crippen LogP contribution is -2.30. The van der Waals surface area contributed by atoms with E-state index in [2.05, 4.69) is 12.1 Å². The Morgan fingerprint density at radius 3 is 2.33 bits per heavy atom. The van der Waals surface area contributed by atoms with Crippen molar-refractivity contribution in [3.05, 3.63) is 66.2 Å². The molecule has 1 atom stereocenters. The van der Waals surface area contributed by atoms with Crippen molar-refractivity contribution >= 4 is 16.7 Å². The van der Waals surface area contributed by atoms with Crippen molar-refractivity contribution in [2.24, 2.45) is 5.73 Å². The minimum Gasteiger partial charge on any atom is -0.481 e. The topological polar surface area (TPSA) is 72.6 Å². The molecule has 0 aliphatic rings. The molecular weight excluding hydrogens is 302 g/mol. The molecule has 0 saturated carbocycles. The lowest BCUT2D eigenvalue weighted by Gasteiger charge is -2.12. The number of amides is 1. The molecule has 0 saturated heterocycles. The van der Waals surface area contributed by atoms with Crippen LogP contribution in [-0.4, -0.2) is 17.1 Å². The highest BCUT2D eigenvalue weighted by Gasteiger charge is 2.10. The molecule has 0 heterocycles.